The molecule has 2 N–H and O–H groups in total. The highest BCUT2D eigenvalue weighted by atomic mass is 16.5. The Bertz CT molecular complexity index is 1100. The van der Waals surface area contributed by atoms with Gasteiger partial charge < -0.3 is 9.80 Å². The van der Waals surface area contributed by atoms with Crippen molar-refractivity contribution < 1.29 is 14.8 Å². The van der Waals surface area contributed by atoms with E-state index in [0.29, 0.717) is 17.8 Å². The molecule has 0 aliphatic carbocycles. The van der Waals surface area contributed by atoms with Gasteiger partial charge in [-0.3, -0.25) is 14.8 Å². The normalized spacial score (nSPS) is 20.4. The van der Waals surface area contributed by atoms with Crippen LogP contribution in [0.4, 0.5) is 5.95 Å². The second-order valence-corrected chi connectivity index (χ2v) is 7.91. The van der Waals surface area contributed by atoms with E-state index in [4.69, 9.17) is 5.21 Å². The number of aromatic nitrogens is 2. The summed E-state index contributed by atoms with van der Waals surface area (Å²) >= 11 is 0. The molecule has 3 aromatic rings. The highest BCUT2D eigenvalue weighted by Crippen LogP contribution is 2.33. The van der Waals surface area contributed by atoms with Crippen LogP contribution >= 0.6 is 0 Å². The first-order valence-corrected chi connectivity index (χ1v) is 9.92. The van der Waals surface area contributed by atoms with Crippen molar-refractivity contribution in [1.82, 2.24) is 20.3 Å². The third-order valence-electron chi connectivity index (χ3n) is 6.05. The van der Waals surface area contributed by atoms with E-state index in [1.807, 2.05) is 47.4 Å². The van der Waals surface area contributed by atoms with Gasteiger partial charge >= 0.3 is 0 Å². The molecule has 2 amide bonds. The number of fused-ring (bicyclic) bond motifs is 2. The number of hydroxylamine groups is 1. The summed E-state index contributed by atoms with van der Waals surface area (Å²) in [4.78, 5) is 37.0. The molecular weight excluding hydrogens is 382 g/mol. The molecule has 0 spiro atoms. The Hall–Kier alpha value is -3.52. The quantitative estimate of drug-likeness (QED) is 0.512. The van der Waals surface area contributed by atoms with Crippen LogP contribution in [0.2, 0.25) is 0 Å². The van der Waals surface area contributed by atoms with Gasteiger partial charge in [0.1, 0.15) is 0 Å². The molecule has 2 aromatic carbocycles. The third kappa shape index (κ3) is 3.25. The van der Waals surface area contributed by atoms with E-state index in [9.17, 15) is 9.59 Å². The largest absolute Gasteiger partial charge is 0.340 e. The average Bonchev–Trinajstić information content (AvgIpc) is 3.37. The van der Waals surface area contributed by atoms with Crippen molar-refractivity contribution in [2.24, 2.45) is 11.8 Å². The number of anilines is 1. The van der Waals surface area contributed by atoms with Crippen LogP contribution in [0.25, 0.3) is 10.8 Å². The Labute approximate surface area is 173 Å². The lowest BCUT2D eigenvalue weighted by atomic mass is 10.0. The fourth-order valence-electron chi connectivity index (χ4n) is 4.49. The number of hydrogen-bond donors (Lipinski definition) is 2. The SMILES string of the molecule is O=C(NO)c1cnc(N2C[C@H]3CN(C(=O)c4ccc5ccccc5c4)C[C@H]3C2)nc1. The van der Waals surface area contributed by atoms with E-state index in [1.165, 1.54) is 12.4 Å². The second kappa shape index (κ2) is 7.38. The minimum Gasteiger partial charge on any atom is -0.340 e. The maximum Gasteiger partial charge on any atom is 0.277 e. The molecule has 2 aliphatic heterocycles. The number of benzene rings is 2. The second-order valence-electron chi connectivity index (χ2n) is 7.91. The van der Waals surface area contributed by atoms with E-state index < -0.39 is 5.91 Å². The number of carbonyl (C=O) groups excluding carboxylic acids is 2. The summed E-state index contributed by atoms with van der Waals surface area (Å²) in [5.41, 5.74) is 2.50. The molecule has 3 heterocycles. The van der Waals surface area contributed by atoms with Gasteiger partial charge in [0.25, 0.3) is 11.8 Å². The summed E-state index contributed by atoms with van der Waals surface area (Å²) in [6, 6.07) is 13.9. The van der Waals surface area contributed by atoms with Gasteiger partial charge in [0.15, 0.2) is 0 Å². The Kier molecular flexibility index (Phi) is 4.55. The van der Waals surface area contributed by atoms with E-state index >= 15 is 0 Å². The monoisotopic (exact) mass is 403 g/mol. The molecule has 5 rings (SSSR count). The van der Waals surface area contributed by atoms with Gasteiger partial charge in [-0.25, -0.2) is 15.4 Å². The Morgan fingerprint density at radius 1 is 0.900 bits per heavy atom. The van der Waals surface area contributed by atoms with Crippen LogP contribution in [0.1, 0.15) is 20.7 Å². The number of carbonyl (C=O) groups is 2. The Morgan fingerprint density at radius 2 is 1.57 bits per heavy atom. The first-order valence-electron chi connectivity index (χ1n) is 9.92. The van der Waals surface area contributed by atoms with E-state index in [2.05, 4.69) is 14.9 Å². The number of likely N-dealkylation sites (tertiary alicyclic amines) is 1. The van der Waals surface area contributed by atoms with Gasteiger partial charge in [-0.15, -0.1) is 0 Å². The average molecular weight is 403 g/mol. The first-order chi connectivity index (χ1) is 14.6. The van der Waals surface area contributed by atoms with Gasteiger partial charge in [-0.1, -0.05) is 30.3 Å². The van der Waals surface area contributed by atoms with E-state index in [-0.39, 0.29) is 11.5 Å². The molecule has 8 nitrogen and oxygen atoms in total. The maximum absolute atomic E-state index is 13.0. The lowest BCUT2D eigenvalue weighted by Crippen LogP contribution is -2.33. The maximum atomic E-state index is 13.0. The number of rotatable bonds is 3. The van der Waals surface area contributed by atoms with Crippen LogP contribution in [0.3, 0.4) is 0 Å². The first kappa shape index (κ1) is 18.5. The van der Waals surface area contributed by atoms with Crippen LogP contribution in [-0.2, 0) is 0 Å². The summed E-state index contributed by atoms with van der Waals surface area (Å²) in [6.45, 7) is 2.99. The van der Waals surface area contributed by atoms with Crippen molar-refractivity contribution in [3.8, 4) is 0 Å². The van der Waals surface area contributed by atoms with Crippen molar-refractivity contribution in [3.63, 3.8) is 0 Å². The number of hydrogen-bond acceptors (Lipinski definition) is 6. The lowest BCUT2D eigenvalue weighted by molar-refractivity contribution is 0.0705. The summed E-state index contributed by atoms with van der Waals surface area (Å²) in [5.74, 6) is 0.753. The van der Waals surface area contributed by atoms with Gasteiger partial charge in [0.2, 0.25) is 5.95 Å². The topological polar surface area (TPSA) is 98.7 Å². The molecule has 2 atom stereocenters. The predicted molar refractivity (Wildman–Crippen MR) is 110 cm³/mol. The molecule has 152 valence electrons. The van der Waals surface area contributed by atoms with Crippen LogP contribution in [0, 0.1) is 11.8 Å². The molecular formula is C22H21N5O3. The summed E-state index contributed by atoms with van der Waals surface area (Å²) < 4.78 is 0. The number of amides is 2. The molecule has 1 aromatic heterocycles. The zero-order valence-corrected chi connectivity index (χ0v) is 16.2. The molecule has 2 fully saturated rings. The van der Waals surface area contributed by atoms with Crippen LogP contribution in [0.5, 0.6) is 0 Å². The Morgan fingerprint density at radius 3 is 2.23 bits per heavy atom. The van der Waals surface area contributed by atoms with Gasteiger partial charge in [-0.05, 0) is 22.9 Å². The van der Waals surface area contributed by atoms with Gasteiger partial charge in [-0.2, -0.15) is 0 Å². The smallest absolute Gasteiger partial charge is 0.277 e. The fraction of sp³-hybridized carbons (Fsp3) is 0.273. The number of nitrogens with zero attached hydrogens (tertiary/aromatic N) is 4. The summed E-state index contributed by atoms with van der Waals surface area (Å²) in [7, 11) is 0. The minimum atomic E-state index is -0.636. The summed E-state index contributed by atoms with van der Waals surface area (Å²) in [5, 5.41) is 10.9. The molecule has 8 heteroatoms. The molecule has 0 radical (unpaired) electrons. The van der Waals surface area contributed by atoms with Crippen molar-refractivity contribution in [3.05, 3.63) is 66.0 Å². The van der Waals surface area contributed by atoms with Gasteiger partial charge in [0, 0.05) is 56.0 Å². The highest BCUT2D eigenvalue weighted by molar-refractivity contribution is 5.98. The number of nitrogens with one attached hydrogen (secondary N) is 1. The van der Waals surface area contributed by atoms with Crippen LogP contribution in [0.15, 0.2) is 54.9 Å². The van der Waals surface area contributed by atoms with Crippen LogP contribution in [-0.4, -0.2) is 58.1 Å². The van der Waals surface area contributed by atoms with Crippen LogP contribution < -0.4 is 10.4 Å². The molecule has 0 bridgehead atoms. The third-order valence-corrected chi connectivity index (χ3v) is 6.05. The van der Waals surface area contributed by atoms with Crippen molar-refractivity contribution in [1.29, 1.82) is 0 Å². The van der Waals surface area contributed by atoms with Crippen molar-refractivity contribution in [2.75, 3.05) is 31.1 Å². The molecule has 30 heavy (non-hydrogen) atoms. The lowest BCUT2D eigenvalue weighted by Gasteiger charge is -2.22. The standard InChI is InChI=1S/C22H21N5O3/c28-20(25-30)17-8-23-22(24-9-17)27-12-18-10-26(11-19(18)13-27)21(29)16-6-5-14-3-1-2-4-15(14)7-16/h1-9,18-19,30H,10-13H2,(H,25,28)/t18-,19+. The molecule has 0 saturated carbocycles. The van der Waals surface area contributed by atoms with Crippen molar-refractivity contribution in [2.45, 2.75) is 0 Å². The van der Waals surface area contributed by atoms with E-state index in [1.54, 1.807) is 5.48 Å². The highest BCUT2D eigenvalue weighted by Gasteiger charge is 2.42. The predicted octanol–water partition coefficient (Wildman–Crippen LogP) is 1.96. The minimum absolute atomic E-state index is 0.0809. The Balaban J connectivity index is 1.25. The zero-order valence-electron chi connectivity index (χ0n) is 16.2. The molecule has 0 unspecified atom stereocenters. The fourth-order valence-corrected chi connectivity index (χ4v) is 4.49. The van der Waals surface area contributed by atoms with E-state index in [0.717, 1.165) is 42.5 Å². The zero-order chi connectivity index (χ0) is 20.7. The molecule has 2 aliphatic rings. The van der Waals surface area contributed by atoms with Gasteiger partial charge in [0.05, 0.1) is 5.56 Å². The van der Waals surface area contributed by atoms with Crippen molar-refractivity contribution >= 4 is 28.5 Å². The molecule has 2 saturated heterocycles. The summed E-state index contributed by atoms with van der Waals surface area (Å²) in [6.07, 6.45) is 2.80.